The Kier molecular flexibility index (Phi) is 19.2. The van der Waals surface area contributed by atoms with Crippen molar-refractivity contribution in [1.82, 2.24) is 0 Å². The molecule has 0 atom stereocenters. The summed E-state index contributed by atoms with van der Waals surface area (Å²) < 4.78 is 35.8. The van der Waals surface area contributed by atoms with Crippen LogP contribution < -0.4 is 29.6 Å². The van der Waals surface area contributed by atoms with Gasteiger partial charge < -0.3 is 4.55 Å². The van der Waals surface area contributed by atoms with E-state index in [9.17, 15) is 13.0 Å². The van der Waals surface area contributed by atoms with Crippen LogP contribution in [0, 0.1) is 0 Å². The molecule has 0 spiro atoms. The number of benzene rings is 2. The third-order valence-electron chi connectivity index (χ3n) is 7.53. The topological polar surface area (TPSA) is 57.2 Å². The Bertz CT molecular complexity index is 971. The van der Waals surface area contributed by atoms with E-state index in [1.54, 1.807) is 12.1 Å². The molecule has 0 aromatic heterocycles. The molecule has 5 heteroatoms. The van der Waals surface area contributed by atoms with E-state index in [0.717, 1.165) is 48.4 Å². The Morgan fingerprint density at radius 1 is 0.568 bits per heavy atom. The second-order valence-corrected chi connectivity index (χ2v) is 12.1. The molecule has 0 aliphatic carbocycles. The second kappa shape index (κ2) is 20.5. The van der Waals surface area contributed by atoms with Crippen molar-refractivity contribution >= 4 is 20.9 Å². The number of rotatable bonds is 21. The summed E-state index contributed by atoms with van der Waals surface area (Å²) >= 11 is 0. The summed E-state index contributed by atoms with van der Waals surface area (Å²) in [6, 6.07) is 9.56. The van der Waals surface area contributed by atoms with Gasteiger partial charge in [0.25, 0.3) is 0 Å². The zero-order valence-corrected chi connectivity index (χ0v) is 27.0. The number of aryl methyl sites for hydroxylation is 2. The largest absolute Gasteiger partial charge is 1.00 e. The normalized spacial score (nSPS) is 11.6. The molecule has 0 radical (unpaired) electrons. The van der Waals surface area contributed by atoms with E-state index in [-0.39, 0.29) is 34.5 Å². The van der Waals surface area contributed by atoms with E-state index < -0.39 is 10.1 Å². The van der Waals surface area contributed by atoms with Crippen molar-refractivity contribution in [2.75, 3.05) is 0 Å². The molecule has 2 aromatic carbocycles. The van der Waals surface area contributed by atoms with Gasteiger partial charge in [-0.3, -0.25) is 0 Å². The SMILES string of the molecule is CCCCCCCCCCCc1cc(S(=O)(=O)[O-])cc2c(CCCCCCCCCCC)cccc12.[Na+]. The fourth-order valence-electron chi connectivity index (χ4n) is 5.32. The maximum atomic E-state index is 11.9. The molecule has 3 nitrogen and oxygen atoms in total. The Balaban J connectivity index is 0.00000684. The van der Waals surface area contributed by atoms with Gasteiger partial charge in [-0.15, -0.1) is 0 Å². The minimum Gasteiger partial charge on any atom is -0.744 e. The van der Waals surface area contributed by atoms with Crippen molar-refractivity contribution in [2.24, 2.45) is 0 Å². The van der Waals surface area contributed by atoms with Crippen LogP contribution >= 0.6 is 0 Å². The Morgan fingerprint density at radius 2 is 1.00 bits per heavy atom. The Labute approximate surface area is 250 Å². The first-order chi connectivity index (χ1) is 17.5. The molecule has 2 rings (SSSR count). The van der Waals surface area contributed by atoms with Crippen LogP contribution in [0.5, 0.6) is 0 Å². The first-order valence-electron chi connectivity index (χ1n) is 15.0. The van der Waals surface area contributed by atoms with E-state index in [1.165, 1.54) is 102 Å². The van der Waals surface area contributed by atoms with E-state index in [2.05, 4.69) is 32.0 Å². The summed E-state index contributed by atoms with van der Waals surface area (Å²) in [5.41, 5.74) is 2.19. The average Bonchev–Trinajstić information content (AvgIpc) is 2.86. The van der Waals surface area contributed by atoms with Gasteiger partial charge in [0, 0.05) is 0 Å². The number of unbranched alkanes of at least 4 members (excludes halogenated alkanes) is 16. The molecular formula is C32H51NaO3S. The molecule has 0 aliphatic rings. The molecule has 0 amide bonds. The van der Waals surface area contributed by atoms with Gasteiger partial charge in [-0.05, 0) is 59.7 Å². The summed E-state index contributed by atoms with van der Waals surface area (Å²) in [5.74, 6) is 0. The van der Waals surface area contributed by atoms with Gasteiger partial charge in [0.05, 0.1) is 4.90 Å². The molecule has 0 heterocycles. The van der Waals surface area contributed by atoms with Crippen LogP contribution in [-0.4, -0.2) is 13.0 Å². The van der Waals surface area contributed by atoms with Crippen LogP contribution in [0.25, 0.3) is 10.8 Å². The number of hydrogen-bond acceptors (Lipinski definition) is 3. The van der Waals surface area contributed by atoms with Crippen LogP contribution in [0.1, 0.15) is 141 Å². The third-order valence-corrected chi connectivity index (χ3v) is 8.35. The van der Waals surface area contributed by atoms with E-state index in [4.69, 9.17) is 0 Å². The molecule has 0 bridgehead atoms. The molecule has 0 saturated carbocycles. The first-order valence-corrected chi connectivity index (χ1v) is 16.4. The molecule has 0 saturated heterocycles. The third kappa shape index (κ3) is 14.0. The van der Waals surface area contributed by atoms with E-state index in [1.807, 2.05) is 0 Å². The Morgan fingerprint density at radius 3 is 1.46 bits per heavy atom. The fourth-order valence-corrected chi connectivity index (χ4v) is 5.87. The fraction of sp³-hybridized carbons (Fsp3) is 0.688. The van der Waals surface area contributed by atoms with Crippen LogP contribution in [0.3, 0.4) is 0 Å². The van der Waals surface area contributed by atoms with Gasteiger partial charge in [-0.2, -0.15) is 0 Å². The van der Waals surface area contributed by atoms with Crippen molar-refractivity contribution in [3.63, 3.8) is 0 Å². The van der Waals surface area contributed by atoms with Crippen molar-refractivity contribution in [2.45, 2.75) is 147 Å². The molecule has 0 aliphatic heterocycles. The van der Waals surface area contributed by atoms with Gasteiger partial charge in [0.15, 0.2) is 0 Å². The van der Waals surface area contributed by atoms with Gasteiger partial charge in [0.1, 0.15) is 10.1 Å². The van der Waals surface area contributed by atoms with Gasteiger partial charge >= 0.3 is 29.6 Å². The summed E-state index contributed by atoms with van der Waals surface area (Å²) in [4.78, 5) is -0.0690. The summed E-state index contributed by atoms with van der Waals surface area (Å²) in [6.07, 6.45) is 24.7. The minimum absolute atomic E-state index is 0. The molecular weight excluding hydrogens is 487 g/mol. The predicted octanol–water partition coefficient (Wildman–Crippen LogP) is 6.89. The number of fused-ring (bicyclic) bond motifs is 1. The average molecular weight is 539 g/mol. The molecule has 0 unspecified atom stereocenters. The predicted molar refractivity (Wildman–Crippen MR) is 154 cm³/mol. The summed E-state index contributed by atoms with van der Waals surface area (Å²) in [7, 11) is -4.48. The van der Waals surface area contributed by atoms with Crippen LogP contribution in [-0.2, 0) is 23.0 Å². The van der Waals surface area contributed by atoms with E-state index in [0.29, 0.717) is 0 Å². The maximum Gasteiger partial charge on any atom is 1.00 e. The quantitative estimate of drug-likeness (QED) is 0.0987. The second-order valence-electron chi connectivity index (χ2n) is 10.7. The van der Waals surface area contributed by atoms with E-state index >= 15 is 0 Å². The molecule has 37 heavy (non-hydrogen) atoms. The van der Waals surface area contributed by atoms with Crippen molar-refractivity contribution in [3.05, 3.63) is 41.5 Å². The van der Waals surface area contributed by atoms with Crippen LogP contribution in [0.15, 0.2) is 35.2 Å². The first kappa shape index (κ1) is 34.6. The van der Waals surface area contributed by atoms with Gasteiger partial charge in [-0.25, -0.2) is 8.42 Å². The summed E-state index contributed by atoms with van der Waals surface area (Å²) in [6.45, 7) is 4.50. The maximum absolute atomic E-state index is 11.9. The van der Waals surface area contributed by atoms with Gasteiger partial charge in [0.2, 0.25) is 0 Å². The summed E-state index contributed by atoms with van der Waals surface area (Å²) in [5, 5.41) is 2.08. The van der Waals surface area contributed by atoms with Crippen molar-refractivity contribution in [3.8, 4) is 0 Å². The van der Waals surface area contributed by atoms with Crippen molar-refractivity contribution in [1.29, 1.82) is 0 Å². The minimum atomic E-state index is -4.48. The van der Waals surface area contributed by atoms with Crippen LogP contribution in [0.2, 0.25) is 0 Å². The molecule has 2 aromatic rings. The van der Waals surface area contributed by atoms with Gasteiger partial charge in [-0.1, -0.05) is 135 Å². The van der Waals surface area contributed by atoms with Crippen LogP contribution in [0.4, 0.5) is 0 Å². The molecule has 204 valence electrons. The molecule has 0 N–H and O–H groups in total. The Hall–Kier alpha value is -0.390. The molecule has 0 fully saturated rings. The monoisotopic (exact) mass is 538 g/mol. The zero-order chi connectivity index (χ0) is 26.1. The number of hydrogen-bond donors (Lipinski definition) is 0. The smallest absolute Gasteiger partial charge is 0.744 e. The van der Waals surface area contributed by atoms with Crippen molar-refractivity contribution < 1.29 is 42.5 Å². The zero-order valence-electron chi connectivity index (χ0n) is 24.2. The standard InChI is InChI=1S/C32H52O3S.Na/c1-3-5-7-9-11-13-15-17-19-22-28-24-21-25-31-29(26-30(27-32(28)31)36(33,34)35)23-20-18-16-14-12-10-8-6-4-2;/h21,24-27H,3-20,22-23H2,1-2H3,(H,33,34,35);/q;+1/p-1.